The van der Waals surface area contributed by atoms with Crippen molar-refractivity contribution in [2.45, 2.75) is 24.8 Å². The summed E-state index contributed by atoms with van der Waals surface area (Å²) >= 11 is 0. The summed E-state index contributed by atoms with van der Waals surface area (Å²) in [6.07, 6.45) is 0.808. The zero-order valence-corrected chi connectivity index (χ0v) is 18.5. The van der Waals surface area contributed by atoms with Crippen LogP contribution in [0.1, 0.15) is 16.7 Å². The lowest BCUT2D eigenvalue weighted by atomic mass is 10.1. The minimum Gasteiger partial charge on any atom is -0.496 e. The highest BCUT2D eigenvalue weighted by molar-refractivity contribution is 7.89. The summed E-state index contributed by atoms with van der Waals surface area (Å²) in [5.74, 6) is 1.56. The maximum absolute atomic E-state index is 12.1. The molecular formula is C21H30N4O3S. The van der Waals surface area contributed by atoms with Gasteiger partial charge in [-0.1, -0.05) is 29.8 Å². The van der Waals surface area contributed by atoms with Crippen LogP contribution >= 0.6 is 0 Å². The maximum Gasteiger partial charge on any atom is 0.242 e. The third kappa shape index (κ3) is 6.20. The van der Waals surface area contributed by atoms with Gasteiger partial charge in [0.25, 0.3) is 0 Å². The first-order valence-corrected chi connectivity index (χ1v) is 10.8. The van der Waals surface area contributed by atoms with Crippen molar-refractivity contribution in [3.63, 3.8) is 0 Å². The maximum atomic E-state index is 12.1. The molecule has 0 amide bonds. The summed E-state index contributed by atoms with van der Waals surface area (Å²) in [5.41, 5.74) is 3.31. The van der Waals surface area contributed by atoms with Gasteiger partial charge in [0.2, 0.25) is 10.0 Å². The molecule has 2 N–H and O–H groups in total. The van der Waals surface area contributed by atoms with Gasteiger partial charge in [0, 0.05) is 34.2 Å². The molecule has 8 heteroatoms. The fourth-order valence-electron chi connectivity index (χ4n) is 2.81. The molecule has 158 valence electrons. The molecule has 0 atom stereocenters. The molecule has 0 aliphatic carbocycles. The van der Waals surface area contributed by atoms with Gasteiger partial charge in [-0.3, -0.25) is 4.99 Å². The number of nitrogens with one attached hydrogen (secondary N) is 2. The quantitative estimate of drug-likeness (QED) is 0.507. The first-order chi connectivity index (χ1) is 13.8. The van der Waals surface area contributed by atoms with Gasteiger partial charge in [-0.15, -0.1) is 0 Å². The number of nitrogens with zero attached hydrogens (tertiary/aromatic N) is 2. The van der Waals surface area contributed by atoms with Gasteiger partial charge in [0.15, 0.2) is 5.96 Å². The molecule has 0 aliphatic heterocycles. The van der Waals surface area contributed by atoms with E-state index in [1.54, 1.807) is 38.4 Å². The van der Waals surface area contributed by atoms with Crippen LogP contribution < -0.4 is 15.4 Å². The van der Waals surface area contributed by atoms with Crippen LogP contribution in [0.4, 0.5) is 0 Å². The minimum atomic E-state index is -3.41. The lowest BCUT2D eigenvalue weighted by molar-refractivity contribution is 0.409. The topological polar surface area (TPSA) is 83.0 Å². The Bertz CT molecular complexity index is 939. The molecule has 0 bridgehead atoms. The molecule has 2 aromatic carbocycles. The normalized spacial score (nSPS) is 12.1. The Morgan fingerprint density at radius 2 is 1.79 bits per heavy atom. The van der Waals surface area contributed by atoms with Gasteiger partial charge in [-0.2, -0.15) is 0 Å². The predicted molar refractivity (Wildman–Crippen MR) is 117 cm³/mol. The van der Waals surface area contributed by atoms with Crippen molar-refractivity contribution in [2.75, 3.05) is 34.8 Å². The number of methoxy groups -OCH3 is 1. The molecule has 0 aromatic heterocycles. The minimum absolute atomic E-state index is 0.279. The monoisotopic (exact) mass is 418 g/mol. The largest absolute Gasteiger partial charge is 0.496 e. The van der Waals surface area contributed by atoms with Gasteiger partial charge in [-0.25, -0.2) is 12.7 Å². The summed E-state index contributed by atoms with van der Waals surface area (Å²) in [4.78, 5) is 4.51. The lowest BCUT2D eigenvalue weighted by Crippen LogP contribution is -2.37. The van der Waals surface area contributed by atoms with E-state index in [1.165, 1.54) is 24.0 Å². The molecule has 0 saturated heterocycles. The number of hydrogen-bond acceptors (Lipinski definition) is 4. The standard InChI is InChI=1S/C21H30N4O3S/c1-16-6-11-20(28-5)18(14-16)12-13-23-21(22-2)24-15-17-7-9-19(10-8-17)29(26,27)25(3)4/h6-11,14H,12-13,15H2,1-5H3,(H2,22,23,24). The van der Waals surface area contributed by atoms with Gasteiger partial charge in [0.05, 0.1) is 12.0 Å². The Kier molecular flexibility index (Phi) is 8.04. The lowest BCUT2D eigenvalue weighted by Gasteiger charge is -2.14. The zero-order chi connectivity index (χ0) is 21.4. The van der Waals surface area contributed by atoms with Crippen LogP contribution in [0.25, 0.3) is 0 Å². The molecule has 2 rings (SSSR count). The molecule has 0 aliphatic rings. The van der Waals surface area contributed by atoms with E-state index >= 15 is 0 Å². The number of aliphatic imine (C=N–C) groups is 1. The molecule has 0 radical (unpaired) electrons. The molecule has 0 heterocycles. The van der Waals surface area contributed by atoms with E-state index in [1.807, 2.05) is 12.1 Å². The predicted octanol–water partition coefficient (Wildman–Crippen LogP) is 2.16. The van der Waals surface area contributed by atoms with E-state index in [9.17, 15) is 8.42 Å². The van der Waals surface area contributed by atoms with E-state index in [0.29, 0.717) is 19.0 Å². The van der Waals surface area contributed by atoms with Gasteiger partial charge in [0.1, 0.15) is 5.75 Å². The molecule has 0 unspecified atom stereocenters. The molecule has 7 nitrogen and oxygen atoms in total. The average Bonchev–Trinajstić information content (AvgIpc) is 2.71. The van der Waals surface area contributed by atoms with Crippen LogP contribution in [-0.4, -0.2) is 53.5 Å². The fraction of sp³-hybridized carbons (Fsp3) is 0.381. The summed E-state index contributed by atoms with van der Waals surface area (Å²) in [5, 5.41) is 6.53. The second kappa shape index (κ2) is 10.3. The fourth-order valence-corrected chi connectivity index (χ4v) is 3.72. The van der Waals surface area contributed by atoms with Crippen molar-refractivity contribution in [3.05, 3.63) is 59.2 Å². The molecular weight excluding hydrogens is 388 g/mol. The van der Waals surface area contributed by atoms with E-state index in [4.69, 9.17) is 4.74 Å². The van der Waals surface area contributed by atoms with Crippen LogP contribution in [0, 0.1) is 6.92 Å². The van der Waals surface area contributed by atoms with E-state index in [2.05, 4.69) is 28.6 Å². The van der Waals surface area contributed by atoms with Crippen molar-refractivity contribution in [2.24, 2.45) is 4.99 Å². The number of ether oxygens (including phenoxy) is 1. The summed E-state index contributed by atoms with van der Waals surface area (Å²) in [6, 6.07) is 13.0. The van der Waals surface area contributed by atoms with E-state index in [0.717, 1.165) is 23.3 Å². The highest BCUT2D eigenvalue weighted by Gasteiger charge is 2.16. The SMILES string of the molecule is CN=C(NCCc1cc(C)ccc1OC)NCc1ccc(S(=O)(=O)N(C)C)cc1. The van der Waals surface area contributed by atoms with Crippen molar-refractivity contribution < 1.29 is 13.2 Å². The molecule has 0 fully saturated rings. The van der Waals surface area contributed by atoms with Crippen molar-refractivity contribution in [1.82, 2.24) is 14.9 Å². The highest BCUT2D eigenvalue weighted by atomic mass is 32.2. The Morgan fingerprint density at radius 1 is 1.10 bits per heavy atom. The van der Waals surface area contributed by atoms with Crippen molar-refractivity contribution in [1.29, 1.82) is 0 Å². The highest BCUT2D eigenvalue weighted by Crippen LogP contribution is 2.19. The van der Waals surface area contributed by atoms with E-state index < -0.39 is 10.0 Å². The van der Waals surface area contributed by atoms with Crippen molar-refractivity contribution in [3.8, 4) is 5.75 Å². The number of hydrogen-bond donors (Lipinski definition) is 2. The van der Waals surface area contributed by atoms with Crippen LogP contribution in [0.3, 0.4) is 0 Å². The second-order valence-electron chi connectivity index (χ2n) is 6.85. The van der Waals surface area contributed by atoms with Crippen LogP contribution in [0.15, 0.2) is 52.4 Å². The Hall–Kier alpha value is -2.58. The smallest absolute Gasteiger partial charge is 0.242 e. The molecule has 0 spiro atoms. The van der Waals surface area contributed by atoms with Crippen LogP contribution in [-0.2, 0) is 23.0 Å². The summed E-state index contributed by atoms with van der Waals surface area (Å²) < 4.78 is 30.9. The summed E-state index contributed by atoms with van der Waals surface area (Å²) in [6.45, 7) is 3.31. The Labute approximate surface area is 173 Å². The van der Waals surface area contributed by atoms with Gasteiger partial charge >= 0.3 is 0 Å². The molecule has 29 heavy (non-hydrogen) atoms. The number of rotatable bonds is 8. The van der Waals surface area contributed by atoms with E-state index in [-0.39, 0.29) is 4.90 Å². The third-order valence-electron chi connectivity index (χ3n) is 4.51. The number of sulfonamides is 1. The Morgan fingerprint density at radius 3 is 2.38 bits per heavy atom. The Balaban J connectivity index is 1.89. The molecule has 0 saturated carbocycles. The second-order valence-corrected chi connectivity index (χ2v) is 9.00. The van der Waals surface area contributed by atoms with Crippen molar-refractivity contribution >= 4 is 16.0 Å². The van der Waals surface area contributed by atoms with Gasteiger partial charge in [-0.05, 0) is 42.7 Å². The molecule has 2 aromatic rings. The van der Waals surface area contributed by atoms with Crippen LogP contribution in [0.2, 0.25) is 0 Å². The number of guanidine groups is 1. The first-order valence-electron chi connectivity index (χ1n) is 9.37. The first kappa shape index (κ1) is 22.7. The number of aryl methyl sites for hydroxylation is 1. The van der Waals surface area contributed by atoms with Crippen LogP contribution in [0.5, 0.6) is 5.75 Å². The van der Waals surface area contributed by atoms with Gasteiger partial charge < -0.3 is 15.4 Å². The zero-order valence-electron chi connectivity index (χ0n) is 17.7. The third-order valence-corrected chi connectivity index (χ3v) is 6.34. The average molecular weight is 419 g/mol. The summed E-state index contributed by atoms with van der Waals surface area (Å²) in [7, 11) is 3.03. The number of benzene rings is 2.